The van der Waals surface area contributed by atoms with E-state index < -0.39 is 0 Å². The van der Waals surface area contributed by atoms with Gasteiger partial charge in [-0.05, 0) is 22.6 Å². The van der Waals surface area contributed by atoms with Gasteiger partial charge in [0.2, 0.25) is 0 Å². The van der Waals surface area contributed by atoms with Crippen molar-refractivity contribution in [1.29, 1.82) is 0 Å². The first-order valence-corrected chi connectivity index (χ1v) is 3.91. The molecule has 0 aliphatic carbocycles. The number of aromatic nitrogens is 2. The van der Waals surface area contributed by atoms with Gasteiger partial charge in [0.15, 0.2) is 0 Å². The summed E-state index contributed by atoms with van der Waals surface area (Å²) < 4.78 is 3.20. The number of fused-ring (bicyclic) bond motifs is 1. The molecule has 0 spiro atoms. The van der Waals surface area contributed by atoms with Crippen LogP contribution in [0.2, 0.25) is 0 Å². The lowest BCUT2D eigenvalue weighted by Crippen LogP contribution is -1.95. The number of hydrogen-bond acceptors (Lipinski definition) is 2. The summed E-state index contributed by atoms with van der Waals surface area (Å²) in [7, 11) is 0. The van der Waals surface area contributed by atoms with Gasteiger partial charge in [-0.15, -0.1) is 0 Å². The van der Waals surface area contributed by atoms with Gasteiger partial charge in [-0.3, -0.25) is 0 Å². The highest BCUT2D eigenvalue weighted by atomic mass is 127. The summed E-state index contributed by atoms with van der Waals surface area (Å²) in [5.74, 6) is 1.18. The molecule has 0 saturated carbocycles. The average molecular weight is 235 g/mol. The van der Waals surface area contributed by atoms with Crippen LogP contribution in [0.4, 0.5) is 5.82 Å². The van der Waals surface area contributed by atoms with Crippen molar-refractivity contribution < 1.29 is 0 Å². The maximum Gasteiger partial charge on any atom is 0.137 e. The van der Waals surface area contributed by atoms with E-state index in [1.165, 1.54) is 9.39 Å². The Morgan fingerprint density at radius 3 is 3.44 bits per heavy atom. The van der Waals surface area contributed by atoms with Gasteiger partial charge in [-0.25, -0.2) is 4.68 Å². The van der Waals surface area contributed by atoms with Crippen molar-refractivity contribution in [1.82, 2.24) is 9.78 Å². The first-order valence-electron chi connectivity index (χ1n) is 2.83. The summed E-state index contributed by atoms with van der Waals surface area (Å²) in [5, 5.41) is 7.38. The van der Waals surface area contributed by atoms with Crippen LogP contribution in [-0.4, -0.2) is 16.3 Å². The molecule has 0 aromatic carbocycles. The van der Waals surface area contributed by atoms with Crippen molar-refractivity contribution >= 4 is 28.4 Å². The van der Waals surface area contributed by atoms with Crippen LogP contribution >= 0.6 is 22.6 Å². The normalized spacial score (nSPS) is 15.2. The Bertz CT molecular complexity index is 230. The number of nitrogens with zero attached hydrogens (tertiary/aromatic N) is 2. The molecule has 2 rings (SSSR count). The van der Waals surface area contributed by atoms with Crippen LogP contribution in [-0.2, 0) is 6.54 Å². The van der Waals surface area contributed by atoms with Crippen molar-refractivity contribution in [2.75, 3.05) is 11.9 Å². The standard InChI is InChI=1S/C5H6IN3/c6-4-3-8-9-2-1-7-5(4)9/h3,7H,1-2H2. The third-order valence-corrected chi connectivity index (χ3v) is 2.20. The number of anilines is 1. The molecular weight excluding hydrogens is 229 g/mol. The predicted octanol–water partition coefficient (Wildman–Crippen LogP) is 0.913. The summed E-state index contributed by atoms with van der Waals surface area (Å²) in [6, 6.07) is 0. The monoisotopic (exact) mass is 235 g/mol. The minimum atomic E-state index is 1.01. The maximum atomic E-state index is 4.14. The third-order valence-electron chi connectivity index (χ3n) is 1.41. The van der Waals surface area contributed by atoms with Crippen molar-refractivity contribution in [2.45, 2.75) is 6.54 Å². The van der Waals surface area contributed by atoms with E-state index in [9.17, 15) is 0 Å². The van der Waals surface area contributed by atoms with E-state index in [1.54, 1.807) is 0 Å². The molecule has 0 unspecified atom stereocenters. The molecule has 0 fully saturated rings. The number of nitrogens with one attached hydrogen (secondary N) is 1. The molecule has 1 aromatic heterocycles. The van der Waals surface area contributed by atoms with Crippen molar-refractivity contribution in [3.8, 4) is 0 Å². The van der Waals surface area contributed by atoms with Crippen LogP contribution in [0.5, 0.6) is 0 Å². The Kier molecular flexibility index (Phi) is 1.14. The highest BCUT2D eigenvalue weighted by Crippen LogP contribution is 2.20. The number of halogens is 1. The zero-order valence-corrected chi connectivity index (χ0v) is 6.92. The van der Waals surface area contributed by atoms with E-state index in [0.717, 1.165) is 13.1 Å². The molecule has 1 aromatic rings. The Morgan fingerprint density at radius 2 is 2.67 bits per heavy atom. The quantitative estimate of drug-likeness (QED) is 0.677. The third kappa shape index (κ3) is 0.726. The lowest BCUT2D eigenvalue weighted by Gasteiger charge is -1.90. The van der Waals surface area contributed by atoms with Gasteiger partial charge in [-0.1, -0.05) is 0 Å². The van der Waals surface area contributed by atoms with Gasteiger partial charge in [-0.2, -0.15) is 5.10 Å². The maximum absolute atomic E-state index is 4.14. The van der Waals surface area contributed by atoms with Crippen molar-refractivity contribution in [3.63, 3.8) is 0 Å². The highest BCUT2D eigenvalue weighted by Gasteiger charge is 2.12. The molecule has 0 saturated heterocycles. The van der Waals surface area contributed by atoms with E-state index in [2.05, 4.69) is 33.0 Å². The van der Waals surface area contributed by atoms with Crippen LogP contribution in [0.25, 0.3) is 0 Å². The predicted molar refractivity (Wildman–Crippen MR) is 43.4 cm³/mol. The number of rotatable bonds is 0. The second-order valence-electron chi connectivity index (χ2n) is 1.99. The van der Waals surface area contributed by atoms with Crippen LogP contribution < -0.4 is 5.32 Å². The molecule has 0 amide bonds. The fourth-order valence-corrected chi connectivity index (χ4v) is 1.58. The fraction of sp³-hybridized carbons (Fsp3) is 0.400. The van der Waals surface area contributed by atoms with Gasteiger partial charge < -0.3 is 5.32 Å². The first kappa shape index (κ1) is 5.52. The first-order chi connectivity index (χ1) is 4.38. The van der Waals surface area contributed by atoms with E-state index in [-0.39, 0.29) is 0 Å². The van der Waals surface area contributed by atoms with E-state index in [4.69, 9.17) is 0 Å². The molecule has 0 atom stereocenters. The summed E-state index contributed by atoms with van der Waals surface area (Å²) in [6.07, 6.45) is 1.88. The van der Waals surface area contributed by atoms with Gasteiger partial charge >= 0.3 is 0 Å². The summed E-state index contributed by atoms with van der Waals surface area (Å²) in [6.45, 7) is 2.04. The highest BCUT2D eigenvalue weighted by molar-refractivity contribution is 14.1. The minimum absolute atomic E-state index is 1.01. The van der Waals surface area contributed by atoms with Crippen LogP contribution in [0.1, 0.15) is 0 Å². The molecule has 3 nitrogen and oxygen atoms in total. The lowest BCUT2D eigenvalue weighted by atomic mass is 10.6. The topological polar surface area (TPSA) is 29.9 Å². The van der Waals surface area contributed by atoms with E-state index in [0.29, 0.717) is 0 Å². The average Bonchev–Trinajstić information content (AvgIpc) is 2.35. The molecule has 0 bridgehead atoms. The molecule has 1 N–H and O–H groups in total. The van der Waals surface area contributed by atoms with Crippen molar-refractivity contribution in [2.24, 2.45) is 0 Å². The van der Waals surface area contributed by atoms with Crippen LogP contribution in [0, 0.1) is 3.57 Å². The molecule has 9 heavy (non-hydrogen) atoms. The van der Waals surface area contributed by atoms with E-state index in [1.807, 2.05) is 10.9 Å². The molecule has 1 aliphatic rings. The second-order valence-corrected chi connectivity index (χ2v) is 3.15. The van der Waals surface area contributed by atoms with E-state index >= 15 is 0 Å². The Morgan fingerprint density at radius 1 is 1.78 bits per heavy atom. The molecule has 1 aliphatic heterocycles. The fourth-order valence-electron chi connectivity index (χ4n) is 0.988. The zero-order valence-electron chi connectivity index (χ0n) is 4.76. The van der Waals surface area contributed by atoms with Crippen molar-refractivity contribution in [3.05, 3.63) is 9.77 Å². The number of hydrogen-bond donors (Lipinski definition) is 1. The van der Waals surface area contributed by atoms with Crippen LogP contribution in [0.3, 0.4) is 0 Å². The van der Waals surface area contributed by atoms with Gasteiger partial charge in [0.05, 0.1) is 16.3 Å². The Labute approximate surface area is 66.6 Å². The Balaban J connectivity index is 2.56. The molecule has 2 heterocycles. The summed E-state index contributed by atoms with van der Waals surface area (Å²) >= 11 is 2.28. The molecule has 4 heteroatoms. The molecule has 0 radical (unpaired) electrons. The largest absolute Gasteiger partial charge is 0.368 e. The Hall–Kier alpha value is -0.260. The zero-order chi connectivity index (χ0) is 6.27. The minimum Gasteiger partial charge on any atom is -0.368 e. The van der Waals surface area contributed by atoms with Gasteiger partial charge in [0, 0.05) is 6.54 Å². The van der Waals surface area contributed by atoms with Gasteiger partial charge in [0.1, 0.15) is 5.82 Å². The smallest absolute Gasteiger partial charge is 0.137 e. The summed E-state index contributed by atoms with van der Waals surface area (Å²) in [5.41, 5.74) is 0. The molecular formula is C5H6IN3. The molecule has 48 valence electrons. The van der Waals surface area contributed by atoms with Gasteiger partial charge in [0.25, 0.3) is 0 Å². The second kappa shape index (κ2) is 1.86. The lowest BCUT2D eigenvalue weighted by molar-refractivity contribution is 0.696. The summed E-state index contributed by atoms with van der Waals surface area (Å²) in [4.78, 5) is 0. The van der Waals surface area contributed by atoms with Crippen LogP contribution in [0.15, 0.2) is 6.20 Å². The SMILES string of the molecule is Ic1cnn2c1NCC2.